The van der Waals surface area contributed by atoms with Gasteiger partial charge in [-0.3, -0.25) is 4.79 Å². The van der Waals surface area contributed by atoms with Crippen molar-refractivity contribution >= 4 is 18.3 Å². The number of carbonyl (C=O) groups is 1. The summed E-state index contributed by atoms with van der Waals surface area (Å²) in [6.07, 6.45) is 1.35. The molecule has 1 fully saturated rings. The number of nitrogens with two attached hydrogens (primary N) is 1. The lowest BCUT2D eigenvalue weighted by molar-refractivity contribution is -0.143. The second-order valence-corrected chi connectivity index (χ2v) is 7.37. The van der Waals surface area contributed by atoms with Crippen LogP contribution in [0.1, 0.15) is 53.7 Å². The molecule has 5 nitrogen and oxygen atoms in total. The molecule has 0 radical (unpaired) electrons. The van der Waals surface area contributed by atoms with E-state index in [1.54, 1.807) is 24.3 Å². The van der Waals surface area contributed by atoms with E-state index >= 15 is 0 Å². The molecule has 0 saturated heterocycles. The van der Waals surface area contributed by atoms with E-state index in [1.807, 2.05) is 6.92 Å². The minimum atomic E-state index is -4.73. The van der Waals surface area contributed by atoms with E-state index in [2.05, 4.69) is 10.4 Å². The van der Waals surface area contributed by atoms with Gasteiger partial charge in [0.05, 0.1) is 17.4 Å². The van der Waals surface area contributed by atoms with E-state index in [1.165, 1.54) is 0 Å². The number of rotatable bonds is 5. The summed E-state index contributed by atoms with van der Waals surface area (Å²) in [7, 11) is 0. The number of carbonyl (C=O) groups excluding carboxylic acids is 1. The van der Waals surface area contributed by atoms with Crippen LogP contribution < -0.4 is 11.1 Å². The van der Waals surface area contributed by atoms with E-state index in [9.17, 15) is 18.0 Å². The zero-order valence-electron chi connectivity index (χ0n) is 16.2. The van der Waals surface area contributed by atoms with Crippen LogP contribution in [0.5, 0.6) is 0 Å². The predicted octanol–water partition coefficient (Wildman–Crippen LogP) is 4.26. The third kappa shape index (κ3) is 5.30. The Balaban J connectivity index is 0.00000300. The molecule has 1 amide bonds. The number of nitrogens with zero attached hydrogens (tertiary/aromatic N) is 2. The van der Waals surface area contributed by atoms with E-state index in [0.29, 0.717) is 0 Å². The van der Waals surface area contributed by atoms with Crippen LogP contribution >= 0.6 is 12.4 Å². The Morgan fingerprint density at radius 3 is 2.41 bits per heavy atom. The molecule has 1 atom stereocenters. The number of nitrogens with one attached hydrogen (secondary N) is 1. The Morgan fingerprint density at radius 2 is 1.86 bits per heavy atom. The van der Waals surface area contributed by atoms with Gasteiger partial charge < -0.3 is 11.1 Å². The van der Waals surface area contributed by atoms with E-state index in [4.69, 9.17) is 5.73 Å². The molecular weight excluding hydrogens is 405 g/mol. The van der Waals surface area contributed by atoms with Gasteiger partial charge in [-0.15, -0.1) is 12.4 Å². The monoisotopic (exact) mass is 430 g/mol. The fourth-order valence-electron chi connectivity index (χ4n) is 3.82. The Kier molecular flexibility index (Phi) is 7.71. The topological polar surface area (TPSA) is 72.9 Å². The van der Waals surface area contributed by atoms with Gasteiger partial charge in [0.25, 0.3) is 5.91 Å². The first-order valence-electron chi connectivity index (χ1n) is 9.54. The van der Waals surface area contributed by atoms with Gasteiger partial charge in [0.2, 0.25) is 0 Å². The normalized spacial score (nSPS) is 16.2. The molecule has 1 heterocycles. The van der Waals surface area contributed by atoms with Gasteiger partial charge in [0, 0.05) is 12.6 Å². The van der Waals surface area contributed by atoms with Crippen molar-refractivity contribution < 1.29 is 18.0 Å². The number of alkyl halides is 3. The quantitative estimate of drug-likeness (QED) is 0.744. The SMILES string of the molecule is Cc1ccc(-n2ncc(C(=O)NC(CN)C3CCCCC3)c2C(F)(F)F)cc1.Cl. The predicted molar refractivity (Wildman–Crippen MR) is 107 cm³/mol. The van der Waals surface area contributed by atoms with Crippen molar-refractivity contribution in [1.82, 2.24) is 15.1 Å². The van der Waals surface area contributed by atoms with Crippen LogP contribution in [-0.2, 0) is 6.18 Å². The zero-order chi connectivity index (χ0) is 20.3. The fraction of sp³-hybridized carbons (Fsp3) is 0.500. The molecule has 3 N–H and O–H groups in total. The summed E-state index contributed by atoms with van der Waals surface area (Å²) in [6, 6.07) is 6.15. The minimum absolute atomic E-state index is 0. The zero-order valence-corrected chi connectivity index (χ0v) is 17.0. The van der Waals surface area contributed by atoms with Gasteiger partial charge in [0.15, 0.2) is 5.69 Å². The summed E-state index contributed by atoms with van der Waals surface area (Å²) in [6.45, 7) is 2.04. The van der Waals surface area contributed by atoms with E-state index < -0.39 is 23.3 Å². The van der Waals surface area contributed by atoms with Crippen molar-refractivity contribution in [2.45, 2.75) is 51.2 Å². The highest BCUT2D eigenvalue weighted by atomic mass is 35.5. The number of benzene rings is 1. The summed E-state index contributed by atoms with van der Waals surface area (Å²) >= 11 is 0. The lowest BCUT2D eigenvalue weighted by Crippen LogP contribution is -2.46. The first kappa shape index (κ1) is 23.2. The second-order valence-electron chi connectivity index (χ2n) is 7.37. The van der Waals surface area contributed by atoms with Crippen LogP contribution in [0.25, 0.3) is 5.69 Å². The summed E-state index contributed by atoms with van der Waals surface area (Å²) in [5.74, 6) is -0.587. The average molecular weight is 431 g/mol. The first-order valence-corrected chi connectivity index (χ1v) is 9.54. The summed E-state index contributed by atoms with van der Waals surface area (Å²) in [5, 5.41) is 6.58. The number of aryl methyl sites for hydroxylation is 1. The largest absolute Gasteiger partial charge is 0.434 e. The fourth-order valence-corrected chi connectivity index (χ4v) is 3.82. The Labute approximate surface area is 174 Å². The molecule has 1 aliphatic carbocycles. The standard InChI is InChI=1S/C20H25F3N4O.ClH/c1-13-7-9-15(10-8-13)27-18(20(21,22)23)16(12-25-27)19(28)26-17(11-24)14-5-3-2-4-6-14;/h7-10,12,14,17H,2-6,11,24H2,1H3,(H,26,28);1H. The lowest BCUT2D eigenvalue weighted by Gasteiger charge is -2.30. The van der Waals surface area contributed by atoms with Gasteiger partial charge >= 0.3 is 6.18 Å². The van der Waals surface area contributed by atoms with Crippen LogP contribution in [0.3, 0.4) is 0 Å². The Hall–Kier alpha value is -2.06. The maximum atomic E-state index is 13.8. The molecule has 1 unspecified atom stereocenters. The van der Waals surface area contributed by atoms with Gasteiger partial charge in [-0.05, 0) is 37.8 Å². The molecule has 160 valence electrons. The minimum Gasteiger partial charge on any atom is -0.348 e. The van der Waals surface area contributed by atoms with Crippen molar-refractivity contribution in [2.24, 2.45) is 11.7 Å². The molecule has 1 aromatic carbocycles. The molecular formula is C20H26ClF3N4O. The Morgan fingerprint density at radius 1 is 1.24 bits per heavy atom. The second kappa shape index (κ2) is 9.63. The third-order valence-corrected chi connectivity index (χ3v) is 5.35. The number of amides is 1. The van der Waals surface area contributed by atoms with Crippen LogP contribution in [0, 0.1) is 12.8 Å². The molecule has 1 saturated carbocycles. The van der Waals surface area contributed by atoms with Gasteiger partial charge in [-0.2, -0.15) is 18.3 Å². The maximum absolute atomic E-state index is 13.8. The lowest BCUT2D eigenvalue weighted by atomic mass is 9.84. The number of halogens is 4. The van der Waals surface area contributed by atoms with E-state index in [-0.39, 0.29) is 36.6 Å². The maximum Gasteiger partial charge on any atom is 0.434 e. The highest BCUT2D eigenvalue weighted by molar-refractivity contribution is 5.95. The summed E-state index contributed by atoms with van der Waals surface area (Å²) in [5.41, 5.74) is 5.41. The molecule has 0 bridgehead atoms. The van der Waals surface area contributed by atoms with Crippen LogP contribution in [0.15, 0.2) is 30.5 Å². The molecule has 1 aliphatic rings. The Bertz CT molecular complexity index is 814. The number of aromatic nitrogens is 2. The molecule has 0 aliphatic heterocycles. The van der Waals surface area contributed by atoms with Crippen molar-refractivity contribution in [2.75, 3.05) is 6.54 Å². The number of hydrogen-bond donors (Lipinski definition) is 2. The van der Waals surface area contributed by atoms with Crippen LogP contribution in [0.4, 0.5) is 13.2 Å². The summed E-state index contributed by atoms with van der Waals surface area (Å²) in [4.78, 5) is 12.7. The van der Waals surface area contributed by atoms with Gasteiger partial charge in [0.1, 0.15) is 0 Å². The molecule has 0 spiro atoms. The van der Waals surface area contributed by atoms with Crippen molar-refractivity contribution in [1.29, 1.82) is 0 Å². The summed E-state index contributed by atoms with van der Waals surface area (Å²) < 4.78 is 42.1. The van der Waals surface area contributed by atoms with Crippen LogP contribution in [0.2, 0.25) is 0 Å². The van der Waals surface area contributed by atoms with Crippen molar-refractivity contribution in [3.05, 3.63) is 47.3 Å². The van der Waals surface area contributed by atoms with Crippen molar-refractivity contribution in [3.63, 3.8) is 0 Å². The highest BCUT2D eigenvalue weighted by Crippen LogP contribution is 2.34. The number of hydrogen-bond acceptors (Lipinski definition) is 3. The third-order valence-electron chi connectivity index (χ3n) is 5.35. The molecule has 29 heavy (non-hydrogen) atoms. The highest BCUT2D eigenvalue weighted by Gasteiger charge is 2.41. The van der Waals surface area contributed by atoms with Gasteiger partial charge in [-0.25, -0.2) is 4.68 Å². The molecule has 9 heteroatoms. The van der Waals surface area contributed by atoms with Crippen LogP contribution in [-0.4, -0.2) is 28.3 Å². The molecule has 1 aromatic heterocycles. The van der Waals surface area contributed by atoms with E-state index in [0.717, 1.165) is 48.5 Å². The first-order chi connectivity index (χ1) is 13.3. The molecule has 2 aromatic rings. The molecule has 3 rings (SSSR count). The average Bonchev–Trinajstić information content (AvgIpc) is 3.13. The van der Waals surface area contributed by atoms with Gasteiger partial charge in [-0.1, -0.05) is 37.0 Å². The van der Waals surface area contributed by atoms with Crippen molar-refractivity contribution in [3.8, 4) is 5.69 Å². The smallest absolute Gasteiger partial charge is 0.348 e.